The second-order valence-corrected chi connectivity index (χ2v) is 11.6. The lowest BCUT2D eigenvalue weighted by Gasteiger charge is -2.35. The van der Waals surface area contributed by atoms with Crippen LogP contribution in [0.4, 0.5) is 30.6 Å². The summed E-state index contributed by atoms with van der Waals surface area (Å²) in [4.78, 5) is 37.6. The first-order valence-corrected chi connectivity index (χ1v) is 14.4. The predicted octanol–water partition coefficient (Wildman–Crippen LogP) is 4.51. The third-order valence-corrected chi connectivity index (χ3v) is 8.44. The first-order valence-electron chi connectivity index (χ1n) is 14.4. The van der Waals surface area contributed by atoms with Crippen molar-refractivity contribution in [2.75, 3.05) is 44.4 Å². The number of carbonyl (C=O) groups is 2. The highest BCUT2D eigenvalue weighted by Gasteiger charge is 2.37. The maximum Gasteiger partial charge on any atom is 0.421 e. The third-order valence-electron chi connectivity index (χ3n) is 8.44. The van der Waals surface area contributed by atoms with Crippen molar-refractivity contribution >= 4 is 29.3 Å². The Morgan fingerprint density at radius 3 is 2.41 bits per heavy atom. The quantitative estimate of drug-likeness (QED) is 0.406. The van der Waals surface area contributed by atoms with Crippen molar-refractivity contribution in [1.82, 2.24) is 25.1 Å². The lowest BCUT2D eigenvalue weighted by molar-refractivity contribution is -0.137. The molecule has 2 heterocycles. The van der Waals surface area contributed by atoms with Gasteiger partial charge in [-0.25, -0.2) is 4.98 Å². The topological polar surface area (TPSA) is 102 Å². The van der Waals surface area contributed by atoms with Gasteiger partial charge in [-0.15, -0.1) is 0 Å². The van der Waals surface area contributed by atoms with Crippen molar-refractivity contribution in [1.29, 1.82) is 0 Å². The number of piperidine rings is 1. The van der Waals surface area contributed by atoms with Crippen LogP contribution < -0.4 is 16.0 Å². The molecule has 3 fully saturated rings. The highest BCUT2D eigenvalue weighted by Crippen LogP contribution is 2.36. The molecule has 3 aliphatic rings. The maximum absolute atomic E-state index is 13.8. The van der Waals surface area contributed by atoms with Gasteiger partial charge in [0.05, 0.1) is 0 Å². The lowest BCUT2D eigenvalue weighted by atomic mass is 10.0. The van der Waals surface area contributed by atoms with Gasteiger partial charge in [0, 0.05) is 49.0 Å². The van der Waals surface area contributed by atoms with Crippen LogP contribution in [0.25, 0.3) is 0 Å². The van der Waals surface area contributed by atoms with Crippen LogP contribution in [0, 0.1) is 11.8 Å². The molecular weight excluding hydrogens is 535 g/mol. The van der Waals surface area contributed by atoms with Gasteiger partial charge in [-0.3, -0.25) is 9.59 Å². The minimum absolute atomic E-state index is 0.000238. The van der Waals surface area contributed by atoms with Gasteiger partial charge in [-0.05, 0) is 95.3 Å². The number of aromatic nitrogens is 2. The summed E-state index contributed by atoms with van der Waals surface area (Å²) in [5, 5.41) is 8.85. The summed E-state index contributed by atoms with van der Waals surface area (Å²) in [7, 11) is 3.90. The van der Waals surface area contributed by atoms with Gasteiger partial charge in [0.1, 0.15) is 11.4 Å². The number of halogens is 3. The van der Waals surface area contributed by atoms with E-state index in [-0.39, 0.29) is 41.6 Å². The van der Waals surface area contributed by atoms with Crippen LogP contribution in [0.5, 0.6) is 0 Å². The van der Waals surface area contributed by atoms with E-state index in [0.29, 0.717) is 43.0 Å². The Morgan fingerprint density at radius 1 is 1.05 bits per heavy atom. The Labute approximate surface area is 238 Å². The Morgan fingerprint density at radius 2 is 1.76 bits per heavy atom. The Bertz CT molecular complexity index is 1230. The van der Waals surface area contributed by atoms with E-state index >= 15 is 0 Å². The minimum atomic E-state index is -4.64. The molecule has 1 unspecified atom stereocenters. The number of hydrogen-bond donors (Lipinski definition) is 3. The molecule has 2 aliphatic carbocycles. The smallest absolute Gasteiger partial charge is 0.367 e. The largest absolute Gasteiger partial charge is 0.421 e. The molecule has 0 radical (unpaired) electrons. The fourth-order valence-corrected chi connectivity index (χ4v) is 5.59. The Balaban J connectivity index is 1.22. The highest BCUT2D eigenvalue weighted by molar-refractivity contribution is 5.94. The van der Waals surface area contributed by atoms with Crippen molar-refractivity contribution in [2.24, 2.45) is 11.8 Å². The average Bonchev–Trinajstić information content (AvgIpc) is 3.67. The van der Waals surface area contributed by atoms with Crippen LogP contribution in [0.15, 0.2) is 30.5 Å². The van der Waals surface area contributed by atoms with Crippen LogP contribution in [0.2, 0.25) is 0 Å². The molecule has 2 amide bonds. The molecule has 3 N–H and O–H groups in total. The summed E-state index contributed by atoms with van der Waals surface area (Å²) in [6.45, 7) is 2.58. The van der Waals surface area contributed by atoms with Crippen molar-refractivity contribution in [3.05, 3.63) is 41.6 Å². The number of alkyl halides is 3. The van der Waals surface area contributed by atoms with Crippen molar-refractivity contribution in [3.8, 4) is 0 Å². The monoisotopic (exact) mass is 573 g/mol. The van der Waals surface area contributed by atoms with Crippen LogP contribution >= 0.6 is 0 Å². The standard InChI is InChI=1S/C29H38F3N7O2/c1-38-13-11-23(12-14-38)39(2)27(41)19-5-8-21(9-6-19)36-28-34-17-24(29(30,31)32)25(37-28)35-22-10-7-20(15-22)26(40)33-16-18-3-4-18/h5-6,8-9,17-18,20,22-23H,3-4,7,10-16H2,1-2H3,(H,33,40)(H2,34,35,36,37)/t20-,22?/m0/s1. The summed E-state index contributed by atoms with van der Waals surface area (Å²) in [5.74, 6) is -0.0658. The predicted molar refractivity (Wildman–Crippen MR) is 150 cm³/mol. The molecule has 41 heavy (non-hydrogen) atoms. The van der Waals surface area contributed by atoms with E-state index in [4.69, 9.17) is 0 Å². The van der Waals surface area contributed by atoms with Gasteiger partial charge < -0.3 is 25.8 Å². The van der Waals surface area contributed by atoms with Crippen LogP contribution in [0.1, 0.15) is 60.9 Å². The number of hydrogen-bond acceptors (Lipinski definition) is 7. The van der Waals surface area contributed by atoms with Gasteiger partial charge in [0.15, 0.2) is 0 Å². The minimum Gasteiger partial charge on any atom is -0.367 e. The number of anilines is 3. The SMILES string of the molecule is CN1CCC(N(C)C(=O)c2ccc(Nc3ncc(C(F)(F)F)c(NC4CC[C@H](C(=O)NCC5CC5)C4)n3)cc2)CC1. The maximum atomic E-state index is 13.8. The normalized spacial score (nSPS) is 21.9. The second-order valence-electron chi connectivity index (χ2n) is 11.6. The zero-order chi connectivity index (χ0) is 29.1. The highest BCUT2D eigenvalue weighted by atomic mass is 19.4. The van der Waals surface area contributed by atoms with Gasteiger partial charge in [0.2, 0.25) is 11.9 Å². The molecule has 1 aromatic carbocycles. The molecule has 2 atom stereocenters. The van der Waals surface area contributed by atoms with E-state index in [1.165, 1.54) is 0 Å². The number of carbonyl (C=O) groups excluding carboxylic acids is 2. The molecule has 1 aliphatic heterocycles. The zero-order valence-electron chi connectivity index (χ0n) is 23.5. The van der Waals surface area contributed by atoms with Crippen LogP contribution in [0.3, 0.4) is 0 Å². The fourth-order valence-electron chi connectivity index (χ4n) is 5.59. The van der Waals surface area contributed by atoms with E-state index in [9.17, 15) is 22.8 Å². The third kappa shape index (κ3) is 7.46. The summed E-state index contributed by atoms with van der Waals surface area (Å²) >= 11 is 0. The zero-order valence-corrected chi connectivity index (χ0v) is 23.5. The molecule has 5 rings (SSSR count). The molecule has 2 saturated carbocycles. The average molecular weight is 574 g/mol. The van der Waals surface area contributed by atoms with Crippen molar-refractivity contribution < 1.29 is 22.8 Å². The Hall–Kier alpha value is -3.41. The molecular formula is C29H38F3N7O2. The number of nitrogens with zero attached hydrogens (tertiary/aromatic N) is 4. The van der Waals surface area contributed by atoms with Crippen LogP contribution in [-0.2, 0) is 11.0 Å². The number of rotatable bonds is 9. The van der Waals surface area contributed by atoms with E-state index in [0.717, 1.165) is 45.0 Å². The van der Waals surface area contributed by atoms with E-state index < -0.39 is 11.7 Å². The number of likely N-dealkylation sites (tertiary alicyclic amines) is 1. The lowest BCUT2D eigenvalue weighted by Crippen LogP contribution is -2.44. The second kappa shape index (κ2) is 12.2. The molecule has 9 nitrogen and oxygen atoms in total. The van der Waals surface area contributed by atoms with Gasteiger partial charge in [-0.1, -0.05) is 0 Å². The van der Waals surface area contributed by atoms with E-state index in [2.05, 4.69) is 37.9 Å². The summed E-state index contributed by atoms with van der Waals surface area (Å²) in [5.41, 5.74) is 0.120. The number of nitrogens with one attached hydrogen (secondary N) is 3. The number of benzene rings is 1. The van der Waals surface area contributed by atoms with E-state index in [1.807, 2.05) is 7.05 Å². The summed E-state index contributed by atoms with van der Waals surface area (Å²) in [6, 6.07) is 6.63. The van der Waals surface area contributed by atoms with E-state index in [1.54, 1.807) is 29.2 Å². The van der Waals surface area contributed by atoms with Crippen molar-refractivity contribution in [2.45, 2.75) is 63.2 Å². The summed E-state index contributed by atoms with van der Waals surface area (Å²) in [6.07, 6.45) is 1.89. The molecule has 1 saturated heterocycles. The van der Waals surface area contributed by atoms with Gasteiger partial charge in [0.25, 0.3) is 5.91 Å². The molecule has 222 valence electrons. The molecule has 0 bridgehead atoms. The van der Waals surface area contributed by atoms with Crippen molar-refractivity contribution in [3.63, 3.8) is 0 Å². The molecule has 12 heteroatoms. The molecule has 1 aromatic heterocycles. The van der Waals surface area contributed by atoms with Gasteiger partial charge >= 0.3 is 6.18 Å². The first-order chi connectivity index (χ1) is 19.6. The summed E-state index contributed by atoms with van der Waals surface area (Å²) < 4.78 is 41.3. The molecule has 0 spiro atoms. The van der Waals surface area contributed by atoms with Crippen LogP contribution in [-0.4, -0.2) is 77.4 Å². The van der Waals surface area contributed by atoms with Gasteiger partial charge in [-0.2, -0.15) is 18.2 Å². The Kier molecular flexibility index (Phi) is 8.67. The number of amides is 2. The molecule has 2 aromatic rings. The first kappa shape index (κ1) is 29.1. The fraction of sp³-hybridized carbons (Fsp3) is 0.586.